The van der Waals surface area contributed by atoms with E-state index in [2.05, 4.69) is 5.32 Å². The lowest BCUT2D eigenvalue weighted by Crippen LogP contribution is -2.30. The zero-order valence-electron chi connectivity index (χ0n) is 18.8. The second-order valence-electron chi connectivity index (χ2n) is 7.67. The molecule has 3 aromatic rings. The fourth-order valence-electron chi connectivity index (χ4n) is 3.61. The minimum atomic E-state index is -0.444. The lowest BCUT2D eigenvalue weighted by atomic mass is 10.1. The van der Waals surface area contributed by atoms with Crippen molar-refractivity contribution in [2.24, 2.45) is 0 Å². The highest BCUT2D eigenvalue weighted by molar-refractivity contribution is 7.80. The van der Waals surface area contributed by atoms with Crippen molar-refractivity contribution in [3.63, 3.8) is 0 Å². The monoisotopic (exact) mass is 493 g/mol. The smallest absolute Gasteiger partial charge is 0.281 e. The Balaban J connectivity index is 1.55. The summed E-state index contributed by atoms with van der Waals surface area (Å²) in [4.78, 5) is 24.8. The number of hydrogen-bond donors (Lipinski definition) is 1. The topological polar surface area (TPSA) is 93.9 Å². The van der Waals surface area contributed by atoms with Gasteiger partial charge in [-0.3, -0.25) is 19.8 Å². The van der Waals surface area contributed by atoms with Gasteiger partial charge >= 0.3 is 0 Å². The van der Waals surface area contributed by atoms with E-state index in [1.54, 1.807) is 31.2 Å². The van der Waals surface area contributed by atoms with Crippen LogP contribution >= 0.6 is 12.2 Å². The first-order valence-electron chi connectivity index (χ1n) is 10.4. The first-order valence-corrected chi connectivity index (χ1v) is 10.8. The van der Waals surface area contributed by atoms with E-state index >= 15 is 0 Å². The molecule has 1 N–H and O–H groups in total. The molecular weight excluding hydrogens is 473 g/mol. The average molecular weight is 494 g/mol. The molecule has 1 heterocycles. The minimum Gasteiger partial charge on any atom is -0.496 e. The summed E-state index contributed by atoms with van der Waals surface area (Å²) in [5.41, 5.74) is 2.64. The third-order valence-electron chi connectivity index (χ3n) is 5.34. The Bertz CT molecular complexity index is 1360. The maximum absolute atomic E-state index is 13.3. The Morgan fingerprint density at radius 3 is 2.54 bits per heavy atom. The van der Waals surface area contributed by atoms with E-state index in [4.69, 9.17) is 21.7 Å². The number of hydrogen-bond acceptors (Lipinski definition) is 6. The molecule has 3 aromatic carbocycles. The predicted molar refractivity (Wildman–Crippen MR) is 133 cm³/mol. The van der Waals surface area contributed by atoms with Crippen LogP contribution in [0, 0.1) is 22.9 Å². The number of methoxy groups -OCH3 is 1. The highest BCUT2D eigenvalue weighted by atomic mass is 32.1. The number of carbonyl (C=O) groups is 1. The first kappa shape index (κ1) is 23.8. The second kappa shape index (κ2) is 9.90. The van der Waals surface area contributed by atoms with Gasteiger partial charge in [-0.1, -0.05) is 6.07 Å². The van der Waals surface area contributed by atoms with Gasteiger partial charge in [0.25, 0.3) is 11.6 Å². The number of aryl methyl sites for hydroxylation is 1. The van der Waals surface area contributed by atoms with Crippen molar-refractivity contribution in [2.45, 2.75) is 13.5 Å². The molecule has 10 heteroatoms. The van der Waals surface area contributed by atoms with Gasteiger partial charge in [0, 0.05) is 17.2 Å². The third-order valence-corrected chi connectivity index (χ3v) is 5.62. The number of nitrogens with one attached hydrogen (secondary N) is 1. The molecule has 1 amide bonds. The molecule has 0 radical (unpaired) electrons. The van der Waals surface area contributed by atoms with E-state index in [1.165, 1.54) is 48.4 Å². The summed E-state index contributed by atoms with van der Waals surface area (Å²) >= 11 is 5.30. The first-order chi connectivity index (χ1) is 16.8. The summed E-state index contributed by atoms with van der Waals surface area (Å²) in [5, 5.41) is 14.1. The van der Waals surface area contributed by atoms with Gasteiger partial charge in [-0.15, -0.1) is 0 Å². The summed E-state index contributed by atoms with van der Waals surface area (Å²) in [6.45, 7) is 1.78. The van der Waals surface area contributed by atoms with Crippen LogP contribution < -0.4 is 19.7 Å². The van der Waals surface area contributed by atoms with Crippen molar-refractivity contribution in [1.82, 2.24) is 5.32 Å². The van der Waals surface area contributed by atoms with Crippen molar-refractivity contribution >= 4 is 40.7 Å². The van der Waals surface area contributed by atoms with E-state index < -0.39 is 10.7 Å². The van der Waals surface area contributed by atoms with Gasteiger partial charge in [-0.2, -0.15) is 0 Å². The van der Waals surface area contributed by atoms with Gasteiger partial charge in [-0.05, 0) is 79.3 Å². The van der Waals surface area contributed by atoms with Crippen molar-refractivity contribution in [3.8, 4) is 11.5 Å². The van der Waals surface area contributed by atoms with Crippen molar-refractivity contribution in [1.29, 1.82) is 0 Å². The Hall–Kier alpha value is -4.31. The lowest BCUT2D eigenvalue weighted by Gasteiger charge is -2.13. The van der Waals surface area contributed by atoms with Crippen LogP contribution in [0.1, 0.15) is 16.7 Å². The number of anilines is 1. The molecule has 0 aliphatic carbocycles. The third kappa shape index (κ3) is 5.12. The molecule has 1 aliphatic heterocycles. The maximum Gasteiger partial charge on any atom is 0.281 e. The molecule has 1 saturated heterocycles. The van der Waals surface area contributed by atoms with Crippen LogP contribution in [0.25, 0.3) is 6.08 Å². The van der Waals surface area contributed by atoms with Gasteiger partial charge in [0.15, 0.2) is 5.11 Å². The molecule has 35 heavy (non-hydrogen) atoms. The van der Waals surface area contributed by atoms with Crippen LogP contribution in [0.15, 0.2) is 66.4 Å². The number of amides is 1. The zero-order chi connectivity index (χ0) is 25.1. The number of nitro benzene ring substituents is 1. The second-order valence-corrected chi connectivity index (χ2v) is 8.06. The quantitative estimate of drug-likeness (QED) is 0.217. The Kier molecular flexibility index (Phi) is 6.74. The van der Waals surface area contributed by atoms with E-state index in [1.807, 2.05) is 6.07 Å². The standard InChI is InChI=1S/C25H20FN3O5S/c1-15-11-20(8-9-22(15)29(31)32)34-14-17-12-16(3-10-23(17)33-2)13-21-24(30)28(25(35)27-21)19-6-4-18(26)5-7-19/h3-13H,14H2,1-2H3,(H,27,35)/b21-13+. The van der Waals surface area contributed by atoms with Gasteiger partial charge in [0.2, 0.25) is 0 Å². The van der Waals surface area contributed by atoms with Crippen molar-refractivity contribution in [2.75, 3.05) is 12.0 Å². The van der Waals surface area contributed by atoms with Gasteiger partial charge in [0.1, 0.15) is 29.6 Å². The SMILES string of the molecule is COc1ccc(/C=C2/NC(=S)N(c3ccc(F)cc3)C2=O)cc1COc1ccc([N+](=O)[O-])c(C)c1. The molecule has 1 aliphatic rings. The minimum absolute atomic E-state index is 0.0184. The number of benzene rings is 3. The number of nitro groups is 1. The summed E-state index contributed by atoms with van der Waals surface area (Å²) in [7, 11) is 1.54. The Morgan fingerprint density at radius 1 is 1.14 bits per heavy atom. The van der Waals surface area contributed by atoms with E-state index in [0.29, 0.717) is 33.9 Å². The van der Waals surface area contributed by atoms with Crippen LogP contribution in [-0.4, -0.2) is 23.1 Å². The lowest BCUT2D eigenvalue weighted by molar-refractivity contribution is -0.385. The summed E-state index contributed by atoms with van der Waals surface area (Å²) < 4.78 is 24.5. The normalized spacial score (nSPS) is 14.3. The number of ether oxygens (including phenoxy) is 2. The van der Waals surface area contributed by atoms with Crippen LogP contribution in [0.4, 0.5) is 15.8 Å². The summed E-state index contributed by atoms with van der Waals surface area (Å²) in [5.74, 6) is 0.287. The average Bonchev–Trinajstić information content (AvgIpc) is 3.10. The van der Waals surface area contributed by atoms with Crippen LogP contribution in [0.2, 0.25) is 0 Å². The van der Waals surface area contributed by atoms with Crippen LogP contribution in [0.3, 0.4) is 0 Å². The molecule has 0 bridgehead atoms. The van der Waals surface area contributed by atoms with E-state index in [0.717, 1.165) is 0 Å². The number of carbonyl (C=O) groups excluding carboxylic acids is 1. The number of thiocarbonyl (C=S) groups is 1. The van der Waals surface area contributed by atoms with Crippen molar-refractivity contribution < 1.29 is 23.6 Å². The highest BCUT2D eigenvalue weighted by Gasteiger charge is 2.32. The molecule has 178 valence electrons. The molecular formula is C25H20FN3O5S. The number of rotatable bonds is 7. The fourth-order valence-corrected chi connectivity index (χ4v) is 3.91. The van der Waals surface area contributed by atoms with Crippen LogP contribution in [-0.2, 0) is 11.4 Å². The van der Waals surface area contributed by atoms with Crippen LogP contribution in [0.5, 0.6) is 11.5 Å². The Morgan fingerprint density at radius 2 is 1.89 bits per heavy atom. The molecule has 0 atom stereocenters. The van der Waals surface area contributed by atoms with Crippen molar-refractivity contribution in [3.05, 3.63) is 99.0 Å². The predicted octanol–water partition coefficient (Wildman–Crippen LogP) is 4.89. The maximum atomic E-state index is 13.3. The zero-order valence-corrected chi connectivity index (χ0v) is 19.6. The highest BCUT2D eigenvalue weighted by Crippen LogP contribution is 2.28. The molecule has 4 rings (SSSR count). The van der Waals surface area contributed by atoms with Gasteiger partial charge < -0.3 is 14.8 Å². The van der Waals surface area contributed by atoms with E-state index in [-0.39, 0.29) is 29.0 Å². The van der Waals surface area contributed by atoms with Gasteiger partial charge in [0.05, 0.1) is 17.7 Å². The Labute approximate surface area is 205 Å². The molecule has 0 unspecified atom stereocenters. The molecule has 0 saturated carbocycles. The molecule has 0 aromatic heterocycles. The molecule has 0 spiro atoms. The number of halogens is 1. The van der Waals surface area contributed by atoms with E-state index in [9.17, 15) is 19.3 Å². The summed E-state index contributed by atoms with van der Waals surface area (Å²) in [6, 6.07) is 15.4. The number of nitrogens with zero attached hydrogens (tertiary/aromatic N) is 2. The fraction of sp³-hybridized carbons (Fsp3) is 0.120. The molecule has 8 nitrogen and oxygen atoms in total. The van der Waals surface area contributed by atoms with Gasteiger partial charge in [-0.25, -0.2) is 4.39 Å². The summed E-state index contributed by atoms with van der Waals surface area (Å²) in [6.07, 6.45) is 1.65. The molecule has 1 fully saturated rings. The largest absolute Gasteiger partial charge is 0.496 e.